The highest BCUT2D eigenvalue weighted by Crippen LogP contribution is 2.36. The Labute approximate surface area is 163 Å². The maximum atomic E-state index is 3.67. The minimum absolute atomic E-state index is 0.593. The molecule has 0 fully saturated rings. The molecule has 1 nitrogen and oxygen atoms in total. The maximum Gasteiger partial charge on any atom is 0.0383 e. The van der Waals surface area contributed by atoms with Crippen LogP contribution >= 0.6 is 7.92 Å². The van der Waals surface area contributed by atoms with Crippen LogP contribution in [0.5, 0.6) is 0 Å². The van der Waals surface area contributed by atoms with Crippen molar-refractivity contribution >= 4 is 29.5 Å². The standard InChI is InChI=1S/C25H26NP/c1-19(2)20-17-24(26-18-20)23-15-9-10-16-25(23)27(21-11-5-3-6-12-21)22-13-7-4-8-14-22/h3-17,19-20,26H,18H2,1-2H3/t20-/m0/s1. The summed E-state index contributed by atoms with van der Waals surface area (Å²) in [7, 11) is -0.593. The van der Waals surface area contributed by atoms with Gasteiger partial charge in [-0.05, 0) is 35.7 Å². The van der Waals surface area contributed by atoms with Gasteiger partial charge in [-0.25, -0.2) is 0 Å². The minimum Gasteiger partial charge on any atom is -0.384 e. The van der Waals surface area contributed by atoms with E-state index >= 15 is 0 Å². The van der Waals surface area contributed by atoms with Crippen LogP contribution in [0.3, 0.4) is 0 Å². The number of rotatable bonds is 5. The average molecular weight is 371 g/mol. The fourth-order valence-electron chi connectivity index (χ4n) is 3.65. The van der Waals surface area contributed by atoms with Crippen molar-refractivity contribution in [2.45, 2.75) is 13.8 Å². The van der Waals surface area contributed by atoms with Gasteiger partial charge in [0, 0.05) is 17.8 Å². The molecule has 1 atom stereocenters. The Hall–Kier alpha value is -2.37. The van der Waals surface area contributed by atoms with Gasteiger partial charge in [0.15, 0.2) is 0 Å². The van der Waals surface area contributed by atoms with E-state index in [1.54, 1.807) is 0 Å². The van der Waals surface area contributed by atoms with E-state index in [-0.39, 0.29) is 0 Å². The molecule has 1 N–H and O–H groups in total. The Morgan fingerprint density at radius 3 is 1.89 bits per heavy atom. The summed E-state index contributed by atoms with van der Waals surface area (Å²) in [6, 6.07) is 30.8. The van der Waals surface area contributed by atoms with Crippen LogP contribution in [0.2, 0.25) is 0 Å². The van der Waals surface area contributed by atoms with E-state index in [9.17, 15) is 0 Å². The van der Waals surface area contributed by atoms with Crippen LogP contribution in [0.4, 0.5) is 0 Å². The average Bonchev–Trinajstić information content (AvgIpc) is 3.21. The van der Waals surface area contributed by atoms with Crippen molar-refractivity contribution in [1.29, 1.82) is 0 Å². The second-order valence-corrected chi connectivity index (χ2v) is 9.58. The largest absolute Gasteiger partial charge is 0.384 e. The second-order valence-electron chi connectivity index (χ2n) is 7.39. The molecule has 2 heteroatoms. The summed E-state index contributed by atoms with van der Waals surface area (Å²) in [5.74, 6) is 1.26. The maximum absolute atomic E-state index is 3.67. The summed E-state index contributed by atoms with van der Waals surface area (Å²) in [4.78, 5) is 0. The third kappa shape index (κ3) is 3.84. The molecule has 0 amide bonds. The van der Waals surface area contributed by atoms with Gasteiger partial charge >= 0.3 is 0 Å². The van der Waals surface area contributed by atoms with Crippen LogP contribution in [0, 0.1) is 11.8 Å². The van der Waals surface area contributed by atoms with E-state index in [1.165, 1.54) is 27.2 Å². The smallest absolute Gasteiger partial charge is 0.0383 e. The third-order valence-corrected chi connectivity index (χ3v) is 7.73. The lowest BCUT2D eigenvalue weighted by Crippen LogP contribution is -2.24. The predicted molar refractivity (Wildman–Crippen MR) is 119 cm³/mol. The van der Waals surface area contributed by atoms with Crippen molar-refractivity contribution in [3.63, 3.8) is 0 Å². The molecule has 0 bridgehead atoms. The second kappa shape index (κ2) is 8.11. The third-order valence-electron chi connectivity index (χ3n) is 5.23. The van der Waals surface area contributed by atoms with Crippen LogP contribution in [-0.2, 0) is 0 Å². The zero-order valence-electron chi connectivity index (χ0n) is 16.0. The van der Waals surface area contributed by atoms with Gasteiger partial charge in [0.05, 0.1) is 0 Å². The Morgan fingerprint density at radius 1 is 0.778 bits per heavy atom. The van der Waals surface area contributed by atoms with E-state index in [0.29, 0.717) is 11.8 Å². The lowest BCUT2D eigenvalue weighted by molar-refractivity contribution is 0.477. The van der Waals surface area contributed by atoms with Gasteiger partial charge in [-0.3, -0.25) is 0 Å². The molecule has 136 valence electrons. The van der Waals surface area contributed by atoms with E-state index in [0.717, 1.165) is 6.54 Å². The molecule has 3 aromatic rings. The molecule has 0 spiro atoms. The molecule has 1 heterocycles. The molecule has 27 heavy (non-hydrogen) atoms. The van der Waals surface area contributed by atoms with E-state index in [4.69, 9.17) is 0 Å². The molecular formula is C25H26NP. The predicted octanol–water partition coefficient (Wildman–Crippen LogP) is 4.66. The molecule has 3 aromatic carbocycles. The van der Waals surface area contributed by atoms with Gasteiger partial charge in [-0.15, -0.1) is 0 Å². The lowest BCUT2D eigenvalue weighted by Gasteiger charge is -2.22. The van der Waals surface area contributed by atoms with Crippen LogP contribution in [0.25, 0.3) is 5.70 Å². The number of hydrogen-bond acceptors (Lipinski definition) is 1. The summed E-state index contributed by atoms with van der Waals surface area (Å²) >= 11 is 0. The van der Waals surface area contributed by atoms with Gasteiger partial charge in [-0.2, -0.15) is 0 Å². The molecule has 1 aliphatic heterocycles. The highest BCUT2D eigenvalue weighted by atomic mass is 31.1. The monoisotopic (exact) mass is 371 g/mol. The van der Waals surface area contributed by atoms with Gasteiger partial charge in [0.2, 0.25) is 0 Å². The van der Waals surface area contributed by atoms with Crippen LogP contribution in [0.15, 0.2) is 91.0 Å². The Kier molecular flexibility index (Phi) is 5.41. The quantitative estimate of drug-likeness (QED) is 0.643. The normalized spacial score (nSPS) is 16.4. The lowest BCUT2D eigenvalue weighted by atomic mass is 9.97. The Bertz CT molecular complexity index is 876. The molecule has 0 aliphatic carbocycles. The topological polar surface area (TPSA) is 12.0 Å². The van der Waals surface area contributed by atoms with Gasteiger partial charge in [0.25, 0.3) is 0 Å². The van der Waals surface area contributed by atoms with Gasteiger partial charge in [0.1, 0.15) is 0 Å². The van der Waals surface area contributed by atoms with Crippen molar-refractivity contribution in [3.8, 4) is 0 Å². The zero-order valence-corrected chi connectivity index (χ0v) is 16.9. The highest BCUT2D eigenvalue weighted by Gasteiger charge is 2.24. The molecule has 0 aromatic heterocycles. The van der Waals surface area contributed by atoms with Crippen molar-refractivity contribution in [3.05, 3.63) is 96.6 Å². The minimum atomic E-state index is -0.593. The number of nitrogens with one attached hydrogen (secondary N) is 1. The summed E-state index contributed by atoms with van der Waals surface area (Å²) < 4.78 is 0. The van der Waals surface area contributed by atoms with Crippen LogP contribution < -0.4 is 21.2 Å². The van der Waals surface area contributed by atoms with Crippen LogP contribution in [0.1, 0.15) is 19.4 Å². The fourth-order valence-corrected chi connectivity index (χ4v) is 6.12. The van der Waals surface area contributed by atoms with Crippen molar-refractivity contribution in [2.75, 3.05) is 6.54 Å². The number of hydrogen-bond donors (Lipinski definition) is 1. The fraction of sp³-hybridized carbons (Fsp3) is 0.200. The molecule has 0 saturated carbocycles. The summed E-state index contributed by atoms with van der Waals surface area (Å²) in [6.45, 7) is 5.65. The first-order valence-electron chi connectivity index (χ1n) is 9.69. The zero-order chi connectivity index (χ0) is 18.6. The first-order valence-corrected chi connectivity index (χ1v) is 11.0. The van der Waals surface area contributed by atoms with E-state index in [2.05, 4.69) is 110 Å². The molecule has 4 rings (SSSR count). The molecule has 1 aliphatic rings. The molecular weight excluding hydrogens is 345 g/mol. The molecule has 0 unspecified atom stereocenters. The highest BCUT2D eigenvalue weighted by molar-refractivity contribution is 7.80. The van der Waals surface area contributed by atoms with Crippen molar-refractivity contribution < 1.29 is 0 Å². The molecule has 0 saturated heterocycles. The van der Waals surface area contributed by atoms with E-state index in [1.807, 2.05) is 0 Å². The summed E-state index contributed by atoms with van der Waals surface area (Å²) in [5, 5.41) is 7.89. The van der Waals surface area contributed by atoms with Crippen molar-refractivity contribution in [1.82, 2.24) is 5.32 Å². The van der Waals surface area contributed by atoms with Gasteiger partial charge in [-0.1, -0.05) is 105 Å². The summed E-state index contributed by atoms with van der Waals surface area (Å²) in [5.41, 5.74) is 2.64. The SMILES string of the molecule is CC(C)[C@H]1C=C(c2ccccc2P(c2ccccc2)c2ccccc2)NC1. The van der Waals surface area contributed by atoms with Crippen molar-refractivity contribution in [2.24, 2.45) is 11.8 Å². The van der Waals surface area contributed by atoms with E-state index < -0.39 is 7.92 Å². The first-order chi connectivity index (χ1) is 13.2. The van der Waals surface area contributed by atoms with Gasteiger partial charge < -0.3 is 5.32 Å². The first kappa shape index (κ1) is 18.0. The van der Waals surface area contributed by atoms with Crippen LogP contribution in [-0.4, -0.2) is 6.54 Å². The Morgan fingerprint density at radius 2 is 1.33 bits per heavy atom. The number of benzene rings is 3. The Balaban J connectivity index is 1.84. The molecule has 0 radical (unpaired) electrons. The summed E-state index contributed by atoms with van der Waals surface area (Å²) in [6.07, 6.45) is 2.44.